The van der Waals surface area contributed by atoms with Crippen LogP contribution in [-0.4, -0.2) is 14.8 Å². The smallest absolute Gasteiger partial charge is 0.283 e. The zero-order valence-electron chi connectivity index (χ0n) is 11.0. The fourth-order valence-corrected chi connectivity index (χ4v) is 2.08. The Balaban J connectivity index is 2.24. The number of rotatable bonds is 4. The Morgan fingerprint density at radius 3 is 2.84 bits per heavy atom. The van der Waals surface area contributed by atoms with Gasteiger partial charge < -0.3 is 9.73 Å². The molecule has 0 bridgehead atoms. The van der Waals surface area contributed by atoms with Crippen molar-refractivity contribution in [2.24, 2.45) is 0 Å². The highest BCUT2D eigenvalue weighted by Gasteiger charge is 2.15. The second kappa shape index (κ2) is 5.56. The molecule has 1 N–H and O–H groups in total. The van der Waals surface area contributed by atoms with Gasteiger partial charge in [-0.2, -0.15) is 5.10 Å². The van der Waals surface area contributed by atoms with Gasteiger partial charge in [0, 0.05) is 6.54 Å². The predicted octanol–water partition coefficient (Wildman–Crippen LogP) is 2.50. The van der Waals surface area contributed by atoms with E-state index >= 15 is 0 Å². The molecular formula is C12H15BrN4O2. The minimum atomic E-state index is -0.164. The molecule has 0 saturated carbocycles. The summed E-state index contributed by atoms with van der Waals surface area (Å²) in [5, 5.41) is 7.22. The lowest BCUT2D eigenvalue weighted by Crippen LogP contribution is -2.24. The lowest BCUT2D eigenvalue weighted by Gasteiger charge is -2.13. The second-order valence-corrected chi connectivity index (χ2v) is 4.96. The molecule has 2 rings (SSSR count). The van der Waals surface area contributed by atoms with Gasteiger partial charge in [-0.1, -0.05) is 0 Å². The molecular weight excluding hydrogens is 312 g/mol. The van der Waals surface area contributed by atoms with Crippen molar-refractivity contribution in [1.82, 2.24) is 14.8 Å². The lowest BCUT2D eigenvalue weighted by atomic mass is 10.3. The molecule has 0 aliphatic heterocycles. The summed E-state index contributed by atoms with van der Waals surface area (Å²) in [6.45, 7) is 6.14. The standard InChI is InChI=1S/C12H15BrN4O2/c1-4-17-12(18)10(13)9(6-15-17)16-8(3)11-14-5-7(2)19-11/h5-6,8,16H,4H2,1-3H3. The van der Waals surface area contributed by atoms with Crippen LogP contribution < -0.4 is 10.9 Å². The Labute approximate surface area is 119 Å². The zero-order chi connectivity index (χ0) is 14.0. The first-order chi connectivity index (χ1) is 9.02. The van der Waals surface area contributed by atoms with E-state index in [2.05, 4.69) is 31.3 Å². The topological polar surface area (TPSA) is 73.0 Å². The fraction of sp³-hybridized carbons (Fsp3) is 0.417. The van der Waals surface area contributed by atoms with Crippen LogP contribution in [0.15, 0.2) is 26.1 Å². The van der Waals surface area contributed by atoms with Crippen molar-refractivity contribution >= 4 is 21.6 Å². The van der Waals surface area contributed by atoms with Gasteiger partial charge in [-0.05, 0) is 36.7 Å². The average Bonchev–Trinajstić information content (AvgIpc) is 2.82. The summed E-state index contributed by atoms with van der Waals surface area (Å²) >= 11 is 3.29. The molecule has 0 radical (unpaired) electrons. The summed E-state index contributed by atoms with van der Waals surface area (Å²) in [4.78, 5) is 16.1. The highest BCUT2D eigenvalue weighted by atomic mass is 79.9. The summed E-state index contributed by atoms with van der Waals surface area (Å²) < 4.78 is 7.28. The van der Waals surface area contributed by atoms with Crippen LogP contribution in [0.1, 0.15) is 31.5 Å². The fourth-order valence-electron chi connectivity index (χ4n) is 1.66. The molecule has 6 nitrogen and oxygen atoms in total. The van der Waals surface area contributed by atoms with Gasteiger partial charge >= 0.3 is 0 Å². The van der Waals surface area contributed by atoms with E-state index in [-0.39, 0.29) is 11.6 Å². The Bertz CT molecular complexity index is 635. The molecule has 1 unspecified atom stereocenters. The van der Waals surface area contributed by atoms with Crippen molar-refractivity contribution in [2.75, 3.05) is 5.32 Å². The molecule has 0 amide bonds. The first-order valence-electron chi connectivity index (χ1n) is 5.97. The highest BCUT2D eigenvalue weighted by Crippen LogP contribution is 2.22. The van der Waals surface area contributed by atoms with Gasteiger partial charge in [-0.15, -0.1) is 0 Å². The molecule has 2 aromatic rings. The highest BCUT2D eigenvalue weighted by molar-refractivity contribution is 9.10. The van der Waals surface area contributed by atoms with Crippen LogP contribution in [0.25, 0.3) is 0 Å². The van der Waals surface area contributed by atoms with Crippen LogP contribution in [-0.2, 0) is 6.54 Å². The predicted molar refractivity (Wildman–Crippen MR) is 75.1 cm³/mol. The summed E-state index contributed by atoms with van der Waals surface area (Å²) in [6, 6.07) is -0.149. The Morgan fingerprint density at radius 1 is 1.53 bits per heavy atom. The maximum absolute atomic E-state index is 11.9. The minimum absolute atomic E-state index is 0.149. The van der Waals surface area contributed by atoms with E-state index < -0.39 is 0 Å². The Morgan fingerprint density at radius 2 is 2.26 bits per heavy atom. The molecule has 7 heteroatoms. The summed E-state index contributed by atoms with van der Waals surface area (Å²) in [7, 11) is 0. The third kappa shape index (κ3) is 2.86. The summed E-state index contributed by atoms with van der Waals surface area (Å²) in [6.07, 6.45) is 3.27. The molecule has 0 aromatic carbocycles. The second-order valence-electron chi connectivity index (χ2n) is 4.17. The molecule has 0 spiro atoms. The molecule has 2 aromatic heterocycles. The van der Waals surface area contributed by atoms with E-state index in [1.165, 1.54) is 4.68 Å². The number of halogens is 1. The maximum Gasteiger partial charge on any atom is 0.283 e. The van der Waals surface area contributed by atoms with E-state index in [1.807, 2.05) is 20.8 Å². The van der Waals surface area contributed by atoms with Crippen molar-refractivity contribution in [3.8, 4) is 0 Å². The van der Waals surface area contributed by atoms with E-state index in [9.17, 15) is 4.79 Å². The number of aryl methyl sites for hydroxylation is 2. The Hall–Kier alpha value is -1.63. The number of anilines is 1. The van der Waals surface area contributed by atoms with E-state index in [4.69, 9.17) is 4.42 Å². The molecule has 0 aliphatic carbocycles. The zero-order valence-corrected chi connectivity index (χ0v) is 12.6. The quantitative estimate of drug-likeness (QED) is 0.934. The molecule has 19 heavy (non-hydrogen) atoms. The number of nitrogens with one attached hydrogen (secondary N) is 1. The average molecular weight is 327 g/mol. The van der Waals surface area contributed by atoms with E-state index in [0.29, 0.717) is 22.6 Å². The van der Waals surface area contributed by atoms with Crippen molar-refractivity contribution in [1.29, 1.82) is 0 Å². The summed E-state index contributed by atoms with van der Waals surface area (Å²) in [5.41, 5.74) is 0.460. The van der Waals surface area contributed by atoms with Crippen molar-refractivity contribution < 1.29 is 4.42 Å². The lowest BCUT2D eigenvalue weighted by molar-refractivity contribution is 0.453. The number of nitrogens with zero attached hydrogens (tertiary/aromatic N) is 3. The van der Waals surface area contributed by atoms with Gasteiger partial charge in [0.25, 0.3) is 5.56 Å². The molecule has 2 heterocycles. The maximum atomic E-state index is 11.9. The van der Waals surface area contributed by atoms with Crippen LogP contribution in [0.5, 0.6) is 0 Å². The minimum Gasteiger partial charge on any atom is -0.444 e. The largest absolute Gasteiger partial charge is 0.444 e. The first kappa shape index (κ1) is 13.8. The van der Waals surface area contributed by atoms with Crippen molar-refractivity contribution in [2.45, 2.75) is 33.4 Å². The number of oxazole rings is 1. The third-order valence-electron chi connectivity index (χ3n) is 2.67. The van der Waals surface area contributed by atoms with Gasteiger partial charge in [0.1, 0.15) is 16.3 Å². The van der Waals surface area contributed by atoms with Crippen LogP contribution in [0.2, 0.25) is 0 Å². The number of aromatic nitrogens is 3. The molecule has 102 valence electrons. The molecule has 0 aliphatic rings. The van der Waals surface area contributed by atoms with Gasteiger partial charge in [-0.3, -0.25) is 4.79 Å². The first-order valence-corrected chi connectivity index (χ1v) is 6.76. The van der Waals surface area contributed by atoms with E-state index in [0.717, 1.165) is 5.76 Å². The van der Waals surface area contributed by atoms with Crippen LogP contribution in [0, 0.1) is 6.92 Å². The third-order valence-corrected chi connectivity index (χ3v) is 3.43. The van der Waals surface area contributed by atoms with Gasteiger partial charge in [-0.25, -0.2) is 9.67 Å². The summed E-state index contributed by atoms with van der Waals surface area (Å²) in [5.74, 6) is 1.33. The number of hydrogen-bond acceptors (Lipinski definition) is 5. The van der Waals surface area contributed by atoms with Gasteiger partial charge in [0.2, 0.25) is 5.89 Å². The number of hydrogen-bond donors (Lipinski definition) is 1. The van der Waals surface area contributed by atoms with Gasteiger partial charge in [0.05, 0.1) is 18.1 Å². The molecule has 0 saturated heterocycles. The van der Waals surface area contributed by atoms with Crippen LogP contribution in [0.4, 0.5) is 5.69 Å². The Kier molecular flexibility index (Phi) is 4.04. The van der Waals surface area contributed by atoms with Crippen LogP contribution >= 0.6 is 15.9 Å². The van der Waals surface area contributed by atoms with Crippen molar-refractivity contribution in [3.63, 3.8) is 0 Å². The monoisotopic (exact) mass is 326 g/mol. The van der Waals surface area contributed by atoms with Crippen LogP contribution in [0.3, 0.4) is 0 Å². The van der Waals surface area contributed by atoms with Gasteiger partial charge in [0.15, 0.2) is 0 Å². The van der Waals surface area contributed by atoms with Crippen molar-refractivity contribution in [3.05, 3.63) is 38.9 Å². The SMILES string of the molecule is CCn1ncc(NC(C)c2ncc(C)o2)c(Br)c1=O. The molecule has 1 atom stereocenters. The normalized spacial score (nSPS) is 12.4. The van der Waals surface area contributed by atoms with E-state index in [1.54, 1.807) is 12.4 Å². The molecule has 0 fully saturated rings.